The molecule has 1 aliphatic heterocycles. The predicted octanol–water partition coefficient (Wildman–Crippen LogP) is 1.30. The van der Waals surface area contributed by atoms with Gasteiger partial charge in [-0.25, -0.2) is 0 Å². The Kier molecular flexibility index (Phi) is 5.85. The third-order valence-corrected chi connectivity index (χ3v) is 3.68. The Hall–Kier alpha value is -1.30. The number of piperazine rings is 1. The van der Waals surface area contributed by atoms with E-state index in [0.29, 0.717) is 18.9 Å². The maximum absolute atomic E-state index is 9.96. The van der Waals surface area contributed by atoms with Gasteiger partial charge in [0.25, 0.3) is 0 Å². The minimum atomic E-state index is -0.423. The number of rotatable bonds is 6. The largest absolute Gasteiger partial charge is 0.508 e. The van der Waals surface area contributed by atoms with E-state index in [1.54, 1.807) is 12.1 Å². The number of aliphatic hydroxyl groups is 1. The zero-order valence-electron chi connectivity index (χ0n) is 12.9. The SMILES string of the molecule is CC(C)OCC(O)CN1CCN(c2ccc(O)cc2)CC1. The average Bonchev–Trinajstić information content (AvgIpc) is 2.47. The number of benzene rings is 1. The number of anilines is 1. The summed E-state index contributed by atoms with van der Waals surface area (Å²) < 4.78 is 5.44. The van der Waals surface area contributed by atoms with E-state index in [-0.39, 0.29) is 6.10 Å². The number of phenolic OH excluding ortho intramolecular Hbond substituents is 1. The van der Waals surface area contributed by atoms with E-state index in [4.69, 9.17) is 4.74 Å². The molecule has 0 spiro atoms. The van der Waals surface area contributed by atoms with Crippen LogP contribution in [0.1, 0.15) is 13.8 Å². The molecule has 1 heterocycles. The molecule has 2 N–H and O–H groups in total. The maximum Gasteiger partial charge on any atom is 0.115 e. The van der Waals surface area contributed by atoms with Gasteiger partial charge in [0.05, 0.1) is 18.8 Å². The highest BCUT2D eigenvalue weighted by Gasteiger charge is 2.19. The fourth-order valence-corrected chi connectivity index (χ4v) is 2.51. The number of nitrogens with zero attached hydrogens (tertiary/aromatic N) is 2. The van der Waals surface area contributed by atoms with Crippen LogP contribution >= 0.6 is 0 Å². The molecular formula is C16H26N2O3. The second-order valence-corrected chi connectivity index (χ2v) is 5.84. The van der Waals surface area contributed by atoms with Gasteiger partial charge >= 0.3 is 0 Å². The van der Waals surface area contributed by atoms with E-state index in [0.717, 1.165) is 31.9 Å². The van der Waals surface area contributed by atoms with Crippen molar-refractivity contribution in [3.05, 3.63) is 24.3 Å². The number of β-amino-alcohol motifs (C(OH)–C–C–N with tert-alkyl or cyclic N) is 1. The lowest BCUT2D eigenvalue weighted by Gasteiger charge is -2.37. The average molecular weight is 294 g/mol. The molecule has 2 rings (SSSR count). The zero-order chi connectivity index (χ0) is 15.2. The van der Waals surface area contributed by atoms with Crippen LogP contribution in [0.2, 0.25) is 0 Å². The minimum Gasteiger partial charge on any atom is -0.508 e. The molecule has 21 heavy (non-hydrogen) atoms. The van der Waals surface area contributed by atoms with E-state index in [1.165, 1.54) is 0 Å². The summed E-state index contributed by atoms with van der Waals surface area (Å²) in [4.78, 5) is 4.57. The first-order chi connectivity index (χ1) is 10.0. The molecule has 0 aliphatic carbocycles. The van der Waals surface area contributed by atoms with E-state index < -0.39 is 6.10 Å². The van der Waals surface area contributed by atoms with Crippen LogP contribution in [0.4, 0.5) is 5.69 Å². The second-order valence-electron chi connectivity index (χ2n) is 5.84. The van der Waals surface area contributed by atoms with Crippen molar-refractivity contribution >= 4 is 5.69 Å². The van der Waals surface area contributed by atoms with Crippen molar-refractivity contribution in [1.82, 2.24) is 4.90 Å². The van der Waals surface area contributed by atoms with E-state index in [9.17, 15) is 10.2 Å². The fraction of sp³-hybridized carbons (Fsp3) is 0.625. The Morgan fingerprint density at radius 2 is 1.71 bits per heavy atom. The van der Waals surface area contributed by atoms with Crippen molar-refractivity contribution in [2.24, 2.45) is 0 Å². The highest BCUT2D eigenvalue weighted by molar-refractivity contribution is 5.49. The van der Waals surface area contributed by atoms with Crippen molar-refractivity contribution in [3.8, 4) is 5.75 Å². The molecule has 1 atom stereocenters. The first-order valence-corrected chi connectivity index (χ1v) is 7.60. The normalized spacial score (nSPS) is 18.2. The van der Waals surface area contributed by atoms with Crippen LogP contribution in [0.5, 0.6) is 5.75 Å². The van der Waals surface area contributed by atoms with Gasteiger partial charge in [-0.15, -0.1) is 0 Å². The summed E-state index contributed by atoms with van der Waals surface area (Å²) in [5, 5.41) is 19.3. The van der Waals surface area contributed by atoms with Crippen LogP contribution in [0.25, 0.3) is 0 Å². The first kappa shape index (κ1) is 16.1. The summed E-state index contributed by atoms with van der Waals surface area (Å²) in [7, 11) is 0. The lowest BCUT2D eigenvalue weighted by atomic mass is 10.2. The van der Waals surface area contributed by atoms with E-state index >= 15 is 0 Å². The molecule has 0 aromatic heterocycles. The molecule has 1 saturated heterocycles. The fourth-order valence-electron chi connectivity index (χ4n) is 2.51. The zero-order valence-corrected chi connectivity index (χ0v) is 12.9. The molecule has 5 nitrogen and oxygen atoms in total. The molecule has 0 bridgehead atoms. The first-order valence-electron chi connectivity index (χ1n) is 7.60. The predicted molar refractivity (Wildman–Crippen MR) is 83.9 cm³/mol. The van der Waals surface area contributed by atoms with Gasteiger partial charge in [0, 0.05) is 38.4 Å². The maximum atomic E-state index is 9.96. The van der Waals surface area contributed by atoms with Crippen molar-refractivity contribution in [3.63, 3.8) is 0 Å². The molecule has 5 heteroatoms. The smallest absolute Gasteiger partial charge is 0.115 e. The minimum absolute atomic E-state index is 0.158. The molecule has 1 fully saturated rings. The molecular weight excluding hydrogens is 268 g/mol. The quantitative estimate of drug-likeness (QED) is 0.828. The van der Waals surface area contributed by atoms with Gasteiger partial charge in [-0.2, -0.15) is 0 Å². The summed E-state index contributed by atoms with van der Waals surface area (Å²) in [6, 6.07) is 7.32. The van der Waals surface area contributed by atoms with Gasteiger partial charge in [-0.1, -0.05) is 0 Å². The second kappa shape index (κ2) is 7.64. The standard InChI is InChI=1S/C16H26N2O3/c1-13(2)21-12-16(20)11-17-7-9-18(10-8-17)14-3-5-15(19)6-4-14/h3-6,13,16,19-20H,7-12H2,1-2H3. The molecule has 1 aliphatic rings. The summed E-state index contributed by atoms with van der Waals surface area (Å²) in [6.07, 6.45) is -0.265. The number of aliphatic hydroxyl groups excluding tert-OH is 1. The van der Waals surface area contributed by atoms with Gasteiger partial charge < -0.3 is 19.8 Å². The van der Waals surface area contributed by atoms with Crippen molar-refractivity contribution in [2.75, 3.05) is 44.2 Å². The molecule has 0 amide bonds. The summed E-state index contributed by atoms with van der Waals surface area (Å²) in [5.41, 5.74) is 1.14. The Labute approximate surface area is 126 Å². The topological polar surface area (TPSA) is 56.2 Å². The number of ether oxygens (including phenoxy) is 1. The van der Waals surface area contributed by atoms with Gasteiger partial charge in [0.15, 0.2) is 0 Å². The number of hydrogen-bond donors (Lipinski definition) is 2. The van der Waals surface area contributed by atoms with Crippen LogP contribution < -0.4 is 4.90 Å². The van der Waals surface area contributed by atoms with Gasteiger partial charge in [-0.05, 0) is 38.1 Å². The lowest BCUT2D eigenvalue weighted by Crippen LogP contribution is -2.49. The molecule has 1 aromatic carbocycles. The van der Waals surface area contributed by atoms with Gasteiger partial charge in [-0.3, -0.25) is 4.90 Å². The van der Waals surface area contributed by atoms with E-state index in [1.807, 2.05) is 26.0 Å². The van der Waals surface area contributed by atoms with Gasteiger partial charge in [0.1, 0.15) is 5.75 Å². The number of hydrogen-bond acceptors (Lipinski definition) is 5. The van der Waals surface area contributed by atoms with Gasteiger partial charge in [0.2, 0.25) is 0 Å². The third-order valence-electron chi connectivity index (χ3n) is 3.68. The summed E-state index contributed by atoms with van der Waals surface area (Å²) in [5.74, 6) is 0.297. The van der Waals surface area contributed by atoms with Crippen LogP contribution in [0, 0.1) is 0 Å². The van der Waals surface area contributed by atoms with Crippen molar-refractivity contribution < 1.29 is 14.9 Å². The lowest BCUT2D eigenvalue weighted by molar-refractivity contribution is -0.00899. The number of aromatic hydroxyl groups is 1. The number of phenols is 1. The molecule has 1 unspecified atom stereocenters. The Morgan fingerprint density at radius 1 is 1.10 bits per heavy atom. The van der Waals surface area contributed by atoms with Crippen LogP contribution in [0.15, 0.2) is 24.3 Å². The highest BCUT2D eigenvalue weighted by atomic mass is 16.5. The summed E-state index contributed by atoms with van der Waals surface area (Å²) >= 11 is 0. The van der Waals surface area contributed by atoms with Crippen LogP contribution in [-0.2, 0) is 4.74 Å². The van der Waals surface area contributed by atoms with Crippen molar-refractivity contribution in [1.29, 1.82) is 0 Å². The Balaban J connectivity index is 1.74. The Morgan fingerprint density at radius 3 is 2.29 bits per heavy atom. The molecule has 118 valence electrons. The molecule has 0 radical (unpaired) electrons. The third kappa shape index (κ3) is 5.19. The molecule has 1 aromatic rings. The van der Waals surface area contributed by atoms with E-state index in [2.05, 4.69) is 9.80 Å². The van der Waals surface area contributed by atoms with Crippen molar-refractivity contribution in [2.45, 2.75) is 26.1 Å². The molecule has 0 saturated carbocycles. The Bertz CT molecular complexity index is 414. The summed E-state index contributed by atoms with van der Waals surface area (Å²) in [6.45, 7) is 8.74. The highest BCUT2D eigenvalue weighted by Crippen LogP contribution is 2.19. The van der Waals surface area contributed by atoms with Crippen LogP contribution in [0.3, 0.4) is 0 Å². The van der Waals surface area contributed by atoms with Crippen LogP contribution in [-0.4, -0.2) is 66.7 Å². The monoisotopic (exact) mass is 294 g/mol.